The smallest absolute Gasteiger partial charge is 0.260 e. The third kappa shape index (κ3) is 6.00. The van der Waals surface area contributed by atoms with Gasteiger partial charge in [0.1, 0.15) is 6.04 Å². The summed E-state index contributed by atoms with van der Waals surface area (Å²) < 4.78 is 0. The first kappa shape index (κ1) is 19.1. The Bertz CT molecular complexity index is 593. The van der Waals surface area contributed by atoms with Crippen molar-refractivity contribution in [3.63, 3.8) is 0 Å². The maximum absolute atomic E-state index is 12.1. The number of carbonyl (C=O) groups excluding carboxylic acids is 1. The van der Waals surface area contributed by atoms with Gasteiger partial charge in [0.05, 0.1) is 10.0 Å². The van der Waals surface area contributed by atoms with Gasteiger partial charge in [0.2, 0.25) is 0 Å². The summed E-state index contributed by atoms with van der Waals surface area (Å²) in [6.45, 7) is 1.75. The fourth-order valence-electron chi connectivity index (χ4n) is 2.60. The molecule has 1 fully saturated rings. The van der Waals surface area contributed by atoms with Crippen molar-refractivity contribution in [2.75, 3.05) is 5.32 Å². The number of nitrogens with one attached hydrogen (secondary N) is 4. The third-order valence-electron chi connectivity index (χ3n) is 3.94. The van der Waals surface area contributed by atoms with Gasteiger partial charge < -0.3 is 10.6 Å². The molecule has 0 heterocycles. The quantitative estimate of drug-likeness (QED) is 0.468. The van der Waals surface area contributed by atoms with E-state index in [1.54, 1.807) is 25.1 Å². The molecule has 8 heteroatoms. The van der Waals surface area contributed by atoms with E-state index in [2.05, 4.69) is 21.5 Å². The van der Waals surface area contributed by atoms with Crippen LogP contribution in [0.5, 0.6) is 0 Å². The zero-order valence-corrected chi connectivity index (χ0v) is 15.8. The normalized spacial score (nSPS) is 16.1. The van der Waals surface area contributed by atoms with Crippen LogP contribution >= 0.6 is 35.4 Å². The molecule has 0 aromatic heterocycles. The summed E-state index contributed by atoms with van der Waals surface area (Å²) in [5.74, 6) is -0.228. The van der Waals surface area contributed by atoms with Crippen LogP contribution in [0, 0.1) is 0 Å². The van der Waals surface area contributed by atoms with Gasteiger partial charge in [-0.25, -0.2) is 0 Å². The largest absolute Gasteiger partial charge is 0.374 e. The molecule has 0 saturated heterocycles. The molecule has 0 radical (unpaired) electrons. The van der Waals surface area contributed by atoms with Crippen LogP contribution in [0.2, 0.25) is 10.0 Å². The zero-order valence-electron chi connectivity index (χ0n) is 13.5. The van der Waals surface area contributed by atoms with E-state index in [0.29, 0.717) is 21.2 Å². The molecule has 0 bridgehead atoms. The van der Waals surface area contributed by atoms with Crippen LogP contribution in [-0.2, 0) is 4.79 Å². The molecule has 0 unspecified atom stereocenters. The van der Waals surface area contributed by atoms with Crippen LogP contribution in [0.4, 0.5) is 5.69 Å². The van der Waals surface area contributed by atoms with Crippen molar-refractivity contribution >= 4 is 52.1 Å². The van der Waals surface area contributed by atoms with Crippen LogP contribution in [0.3, 0.4) is 0 Å². The molecule has 1 amide bonds. The average molecular weight is 389 g/mol. The number of hydrazine groups is 1. The Morgan fingerprint density at radius 2 is 1.88 bits per heavy atom. The number of hydrogen-bond donors (Lipinski definition) is 4. The lowest BCUT2D eigenvalue weighted by atomic mass is 9.96. The second-order valence-electron chi connectivity index (χ2n) is 5.92. The second kappa shape index (κ2) is 9.30. The fraction of sp³-hybridized carbons (Fsp3) is 0.500. The third-order valence-corrected chi connectivity index (χ3v) is 4.89. The van der Waals surface area contributed by atoms with Crippen molar-refractivity contribution in [1.82, 2.24) is 16.2 Å². The Morgan fingerprint density at radius 3 is 2.54 bits per heavy atom. The van der Waals surface area contributed by atoms with Crippen molar-refractivity contribution in [3.8, 4) is 0 Å². The molecule has 5 nitrogen and oxygen atoms in total. The molecule has 1 aromatic carbocycles. The van der Waals surface area contributed by atoms with E-state index in [4.69, 9.17) is 35.4 Å². The molecule has 1 aliphatic carbocycles. The molecule has 132 valence electrons. The number of benzene rings is 1. The van der Waals surface area contributed by atoms with Gasteiger partial charge in [-0.2, -0.15) is 0 Å². The minimum atomic E-state index is -0.466. The highest BCUT2D eigenvalue weighted by molar-refractivity contribution is 7.80. The van der Waals surface area contributed by atoms with Gasteiger partial charge in [0, 0.05) is 11.7 Å². The summed E-state index contributed by atoms with van der Waals surface area (Å²) in [6, 6.07) is 5.05. The lowest BCUT2D eigenvalue weighted by Gasteiger charge is -2.24. The molecule has 1 aromatic rings. The molecule has 1 saturated carbocycles. The monoisotopic (exact) mass is 388 g/mol. The van der Waals surface area contributed by atoms with Crippen LogP contribution < -0.4 is 21.5 Å². The summed E-state index contributed by atoms with van der Waals surface area (Å²) in [4.78, 5) is 12.1. The van der Waals surface area contributed by atoms with Crippen LogP contribution in [-0.4, -0.2) is 23.1 Å². The molecular weight excluding hydrogens is 367 g/mol. The number of carbonyl (C=O) groups is 1. The van der Waals surface area contributed by atoms with Crippen molar-refractivity contribution in [1.29, 1.82) is 0 Å². The zero-order chi connectivity index (χ0) is 17.5. The Balaban J connectivity index is 1.74. The summed E-state index contributed by atoms with van der Waals surface area (Å²) in [5.41, 5.74) is 6.07. The van der Waals surface area contributed by atoms with Crippen molar-refractivity contribution in [2.24, 2.45) is 0 Å². The van der Waals surface area contributed by atoms with Gasteiger partial charge in [-0.05, 0) is 50.2 Å². The van der Waals surface area contributed by atoms with Gasteiger partial charge in [-0.15, -0.1) is 0 Å². The number of amides is 1. The highest BCUT2D eigenvalue weighted by Gasteiger charge is 2.16. The van der Waals surface area contributed by atoms with E-state index < -0.39 is 6.04 Å². The first-order valence-corrected chi connectivity index (χ1v) is 9.20. The lowest BCUT2D eigenvalue weighted by Crippen LogP contribution is -2.52. The number of halogens is 2. The first-order chi connectivity index (χ1) is 11.5. The molecule has 0 aliphatic heterocycles. The Labute approximate surface area is 157 Å². The van der Waals surface area contributed by atoms with Gasteiger partial charge in [-0.1, -0.05) is 42.5 Å². The molecule has 1 aliphatic rings. The van der Waals surface area contributed by atoms with Gasteiger partial charge in [0.15, 0.2) is 5.11 Å². The summed E-state index contributed by atoms with van der Waals surface area (Å²) in [5, 5.41) is 7.64. The Morgan fingerprint density at radius 1 is 1.17 bits per heavy atom. The summed E-state index contributed by atoms with van der Waals surface area (Å²) >= 11 is 17.0. The minimum Gasteiger partial charge on any atom is -0.374 e. The molecular formula is C16H22Cl2N4OS. The predicted molar refractivity (Wildman–Crippen MR) is 103 cm³/mol. The van der Waals surface area contributed by atoms with Crippen LogP contribution in [0.1, 0.15) is 39.0 Å². The first-order valence-electron chi connectivity index (χ1n) is 8.03. The molecule has 2 rings (SSSR count). The van der Waals surface area contributed by atoms with Crippen LogP contribution in [0.25, 0.3) is 0 Å². The van der Waals surface area contributed by atoms with E-state index in [1.165, 1.54) is 19.3 Å². The highest BCUT2D eigenvalue weighted by Crippen LogP contribution is 2.25. The SMILES string of the molecule is C[C@@H](Nc1ccc(Cl)c(Cl)c1)C(=O)NNC(=S)NC1CCCCC1. The number of thiocarbonyl (C=S) groups is 1. The van der Waals surface area contributed by atoms with E-state index in [0.717, 1.165) is 18.5 Å². The minimum absolute atomic E-state index is 0.228. The molecule has 24 heavy (non-hydrogen) atoms. The molecule has 0 spiro atoms. The van der Waals surface area contributed by atoms with Crippen molar-refractivity contribution in [3.05, 3.63) is 28.2 Å². The number of anilines is 1. The average Bonchev–Trinajstić information content (AvgIpc) is 2.57. The highest BCUT2D eigenvalue weighted by atomic mass is 35.5. The molecule has 1 atom stereocenters. The Hall–Kier alpha value is -1.24. The number of hydrogen-bond acceptors (Lipinski definition) is 3. The van der Waals surface area contributed by atoms with Crippen LogP contribution in [0.15, 0.2) is 18.2 Å². The van der Waals surface area contributed by atoms with Crippen molar-refractivity contribution < 1.29 is 4.79 Å². The summed E-state index contributed by atoms with van der Waals surface area (Å²) in [6.07, 6.45) is 5.96. The predicted octanol–water partition coefficient (Wildman–Crippen LogP) is 3.62. The topological polar surface area (TPSA) is 65.2 Å². The van der Waals surface area contributed by atoms with Crippen molar-refractivity contribution in [2.45, 2.75) is 51.1 Å². The maximum atomic E-state index is 12.1. The Kier molecular flexibility index (Phi) is 7.40. The van der Waals surface area contributed by atoms with Gasteiger partial charge in [0.25, 0.3) is 5.91 Å². The fourth-order valence-corrected chi connectivity index (χ4v) is 3.11. The van der Waals surface area contributed by atoms with E-state index >= 15 is 0 Å². The van der Waals surface area contributed by atoms with E-state index in [9.17, 15) is 4.79 Å². The standard InChI is InChI=1S/C16H22Cl2N4OS/c1-10(19-12-7-8-13(17)14(18)9-12)15(23)21-22-16(24)20-11-5-3-2-4-6-11/h7-11,19H,2-6H2,1H3,(H,21,23)(H2,20,22,24)/t10-/m1/s1. The van der Waals surface area contributed by atoms with Gasteiger partial charge >= 0.3 is 0 Å². The second-order valence-corrected chi connectivity index (χ2v) is 7.14. The summed E-state index contributed by atoms with van der Waals surface area (Å²) in [7, 11) is 0. The lowest BCUT2D eigenvalue weighted by molar-refractivity contribution is -0.122. The van der Waals surface area contributed by atoms with E-state index in [1.807, 2.05) is 0 Å². The molecule has 4 N–H and O–H groups in total. The van der Waals surface area contributed by atoms with Gasteiger partial charge in [-0.3, -0.25) is 15.6 Å². The maximum Gasteiger partial charge on any atom is 0.260 e. The van der Waals surface area contributed by atoms with E-state index in [-0.39, 0.29) is 5.91 Å². The number of rotatable bonds is 4.